The van der Waals surface area contributed by atoms with Crippen LogP contribution in [0.3, 0.4) is 0 Å². The molecule has 3 aliphatic heterocycles. The van der Waals surface area contributed by atoms with E-state index in [-0.39, 0.29) is 34.1 Å². The number of nitrogens with two attached hydrogens (primary N) is 2. The molecule has 0 radical (unpaired) electrons. The zero-order chi connectivity index (χ0) is 31.8. The summed E-state index contributed by atoms with van der Waals surface area (Å²) in [6.45, 7) is -5.58. The quantitative estimate of drug-likeness (QED) is 0.109. The van der Waals surface area contributed by atoms with Gasteiger partial charge in [-0.05, 0) is 11.8 Å². The van der Waals surface area contributed by atoms with Crippen LogP contribution in [0.4, 0.5) is 11.8 Å². The molecule has 0 aliphatic carbocycles. The van der Waals surface area contributed by atoms with Crippen molar-refractivity contribution in [3.8, 4) is 0 Å². The van der Waals surface area contributed by atoms with E-state index in [2.05, 4.69) is 29.9 Å². The van der Waals surface area contributed by atoms with Crippen molar-refractivity contribution in [1.82, 2.24) is 39.0 Å². The number of aliphatic hydroxyl groups is 2. The predicted molar refractivity (Wildman–Crippen MR) is 150 cm³/mol. The van der Waals surface area contributed by atoms with Crippen molar-refractivity contribution in [2.24, 2.45) is 0 Å². The molecule has 4 aromatic heterocycles. The van der Waals surface area contributed by atoms with Crippen LogP contribution in [0.2, 0.25) is 0 Å². The average Bonchev–Trinajstić information content (AvgIpc) is 3.72. The van der Waals surface area contributed by atoms with Crippen molar-refractivity contribution in [1.29, 1.82) is 0 Å². The van der Waals surface area contributed by atoms with Gasteiger partial charge in [0.1, 0.15) is 48.5 Å². The Bertz CT molecular complexity index is 1940. The number of anilines is 2. The van der Waals surface area contributed by atoms with Crippen LogP contribution in [0.15, 0.2) is 23.8 Å². The summed E-state index contributed by atoms with van der Waals surface area (Å²) >= 11 is 5.18. The maximum absolute atomic E-state index is 13.2. The molecule has 7 heterocycles. The number of aliphatic hydroxyl groups excluding tert-OH is 2. The Balaban J connectivity index is 1.21. The van der Waals surface area contributed by atoms with E-state index in [0.29, 0.717) is 0 Å². The fourth-order valence-electron chi connectivity index (χ4n) is 5.30. The number of aromatic nitrogens is 8. The van der Waals surface area contributed by atoms with Crippen molar-refractivity contribution in [2.75, 3.05) is 24.7 Å². The maximum Gasteiger partial charge on any atom is 0.472 e. The Morgan fingerprint density at radius 3 is 2.36 bits per heavy atom. The minimum Gasteiger partial charge on any atom is -0.387 e. The predicted octanol–water partition coefficient (Wildman–Crippen LogP) is -2.23. The second-order valence-electron chi connectivity index (χ2n) is 10.1. The molecule has 3 aliphatic rings. The van der Waals surface area contributed by atoms with Gasteiger partial charge in [-0.15, -0.1) is 0 Å². The Kier molecular flexibility index (Phi) is 7.52. The van der Waals surface area contributed by atoms with E-state index in [1.165, 1.54) is 17.2 Å². The molecule has 3 saturated heterocycles. The lowest BCUT2D eigenvalue weighted by molar-refractivity contribution is -0.0647. The molecule has 0 amide bonds. The largest absolute Gasteiger partial charge is 0.472 e. The number of hydrogen-bond donors (Lipinski definition) is 7. The van der Waals surface area contributed by atoms with Crippen molar-refractivity contribution in [2.45, 2.75) is 49.1 Å². The van der Waals surface area contributed by atoms with Crippen LogP contribution in [0.25, 0.3) is 22.3 Å². The fourth-order valence-corrected chi connectivity index (χ4v) is 7.67. The lowest BCUT2D eigenvalue weighted by Gasteiger charge is -2.27. The Labute approximate surface area is 254 Å². The number of ether oxygens (including phenoxy) is 2. The fraction of sp³-hybridized carbons (Fsp3) is 0.500. The number of H-pyrrole nitrogens is 1. The van der Waals surface area contributed by atoms with Gasteiger partial charge in [-0.1, -0.05) is 0 Å². The number of nitrogen functional groups attached to an aromatic ring is 2. The number of fused-ring (bicyclic) bond motifs is 5. The van der Waals surface area contributed by atoms with Gasteiger partial charge in [-0.3, -0.25) is 32.5 Å². The second-order valence-corrected chi connectivity index (χ2v) is 14.3. The van der Waals surface area contributed by atoms with E-state index in [4.69, 9.17) is 50.8 Å². The standard InChI is InChI=1S/C20H24N10O12P2S/c21-14-8-15(24-3-23-14)29(4-25-8)18-11(32)12-7(40-18)2-37-43(34,35)41-13-10(31)6(1-38-44(36,45)42-12)39-19(13)30-5-26-9-16(30)27-20(22)28-17(9)33/h3-7,10-13,18-19,31-32H,1-2H2,(H,34,35)(H,36,45)(H2,21,23,24)(H3,22,27,28,33)/t6-,7-,10-,11-,12-,13-,18-,19-,44?/m1/s1. The molecule has 242 valence electrons. The number of imidazole rings is 2. The number of hydrogen-bond acceptors (Lipinski definition) is 18. The third-order valence-corrected chi connectivity index (χ3v) is 9.87. The van der Waals surface area contributed by atoms with Crippen LogP contribution >= 0.6 is 14.5 Å². The zero-order valence-electron chi connectivity index (χ0n) is 22.4. The first-order chi connectivity index (χ1) is 21.3. The topological polar surface area (TPSA) is 313 Å². The molecule has 2 bridgehead atoms. The minimum absolute atomic E-state index is 0.0677. The number of phosphoric ester groups is 1. The van der Waals surface area contributed by atoms with Crippen LogP contribution in [0.1, 0.15) is 12.5 Å². The summed E-state index contributed by atoms with van der Waals surface area (Å²) in [6.07, 6.45) is -8.15. The molecule has 4 aromatic rings. The first-order valence-electron chi connectivity index (χ1n) is 13.0. The zero-order valence-corrected chi connectivity index (χ0v) is 25.0. The van der Waals surface area contributed by atoms with Gasteiger partial charge in [-0.2, -0.15) is 4.98 Å². The summed E-state index contributed by atoms with van der Waals surface area (Å²) in [7, 11) is -5.06. The second kappa shape index (κ2) is 11.1. The monoisotopic (exact) mass is 690 g/mol. The molecule has 22 nitrogen and oxygen atoms in total. The molecular weight excluding hydrogens is 666 g/mol. The summed E-state index contributed by atoms with van der Waals surface area (Å²) in [5, 5.41) is 22.3. The highest BCUT2D eigenvalue weighted by molar-refractivity contribution is 8.07. The van der Waals surface area contributed by atoms with E-state index in [1.54, 1.807) is 0 Å². The number of rotatable bonds is 2. The summed E-state index contributed by atoms with van der Waals surface area (Å²) in [4.78, 5) is 56.4. The van der Waals surface area contributed by atoms with Crippen LogP contribution in [0.5, 0.6) is 0 Å². The highest BCUT2D eigenvalue weighted by atomic mass is 32.5. The highest BCUT2D eigenvalue weighted by Gasteiger charge is 2.53. The van der Waals surface area contributed by atoms with Crippen LogP contribution in [0, 0.1) is 0 Å². The van der Waals surface area contributed by atoms with E-state index >= 15 is 0 Å². The summed E-state index contributed by atoms with van der Waals surface area (Å²) < 4.78 is 49.2. The normalized spacial score (nSPS) is 37.7. The van der Waals surface area contributed by atoms with Crippen molar-refractivity contribution in [3.05, 3.63) is 29.3 Å². The van der Waals surface area contributed by atoms with E-state index in [0.717, 1.165) is 10.9 Å². The molecule has 0 saturated carbocycles. The van der Waals surface area contributed by atoms with Crippen LogP contribution in [-0.2, 0) is 43.9 Å². The van der Waals surface area contributed by atoms with Crippen molar-refractivity contribution in [3.63, 3.8) is 0 Å². The number of phosphoric acid groups is 1. The van der Waals surface area contributed by atoms with Gasteiger partial charge in [-0.25, -0.2) is 24.5 Å². The summed E-state index contributed by atoms with van der Waals surface area (Å²) in [5.41, 5.74) is 11.0. The SMILES string of the molecule is Nc1nc2c(ncn2[C@@H]2O[C@@H]3COP(O)(=S)O[C@H]4[C@@H](O)[C@H](n5cnc6c(N)ncnc65)O[C@@H]4COP(=O)(O)O[C@@H]2[C@@H]3O)c(=O)[nH]1. The molecule has 0 spiro atoms. The van der Waals surface area contributed by atoms with E-state index in [9.17, 15) is 29.4 Å². The van der Waals surface area contributed by atoms with Gasteiger partial charge in [0, 0.05) is 0 Å². The number of nitrogens with one attached hydrogen (secondary N) is 1. The molecule has 7 rings (SSSR count). The third kappa shape index (κ3) is 5.44. The van der Waals surface area contributed by atoms with E-state index < -0.39 is 82.4 Å². The third-order valence-electron chi connectivity index (χ3n) is 7.32. The van der Waals surface area contributed by atoms with Gasteiger partial charge in [0.2, 0.25) is 5.95 Å². The van der Waals surface area contributed by atoms with Gasteiger partial charge >= 0.3 is 14.5 Å². The first-order valence-corrected chi connectivity index (χ1v) is 17.0. The molecule has 9 N–H and O–H groups in total. The van der Waals surface area contributed by atoms with Gasteiger partial charge < -0.3 is 45.5 Å². The van der Waals surface area contributed by atoms with Crippen LogP contribution < -0.4 is 17.0 Å². The molecule has 2 unspecified atom stereocenters. The highest BCUT2D eigenvalue weighted by Crippen LogP contribution is 2.53. The molecule has 3 fully saturated rings. The lowest BCUT2D eigenvalue weighted by Crippen LogP contribution is -2.36. The van der Waals surface area contributed by atoms with Gasteiger partial charge in [0.25, 0.3) is 5.56 Å². The van der Waals surface area contributed by atoms with Gasteiger partial charge in [0.05, 0.1) is 25.9 Å². The lowest BCUT2D eigenvalue weighted by atomic mass is 10.1. The smallest absolute Gasteiger partial charge is 0.387 e. The number of nitrogens with zero attached hydrogens (tertiary/aromatic N) is 7. The first kappa shape index (κ1) is 30.6. The summed E-state index contributed by atoms with van der Waals surface area (Å²) in [5.74, 6) is -0.189. The molecule has 10 atom stereocenters. The molecular formula is C20H24N10O12P2S. The Morgan fingerprint density at radius 1 is 0.889 bits per heavy atom. The Hall–Kier alpha value is -3.02. The van der Waals surface area contributed by atoms with Crippen LogP contribution in [-0.4, -0.2) is 109 Å². The minimum atomic E-state index is -5.06. The summed E-state index contributed by atoms with van der Waals surface area (Å²) in [6, 6.07) is 0. The number of aromatic amines is 1. The van der Waals surface area contributed by atoms with E-state index in [1.807, 2.05) is 0 Å². The Morgan fingerprint density at radius 2 is 1.58 bits per heavy atom. The molecule has 45 heavy (non-hydrogen) atoms. The maximum atomic E-state index is 13.2. The van der Waals surface area contributed by atoms with Crippen molar-refractivity contribution >= 4 is 60.4 Å². The molecule has 0 aromatic carbocycles. The van der Waals surface area contributed by atoms with Gasteiger partial charge in [0.15, 0.2) is 35.1 Å². The average molecular weight is 690 g/mol. The molecule has 25 heteroatoms. The van der Waals surface area contributed by atoms with Crippen molar-refractivity contribution < 1.29 is 52.1 Å².